The second kappa shape index (κ2) is 11.6. The summed E-state index contributed by atoms with van der Waals surface area (Å²) in [6, 6.07) is 7.27. The van der Waals surface area contributed by atoms with Gasteiger partial charge in [-0.2, -0.15) is 26.3 Å². The van der Waals surface area contributed by atoms with Crippen LogP contribution < -0.4 is 11.0 Å². The minimum atomic E-state index is -5.04. The van der Waals surface area contributed by atoms with E-state index in [2.05, 4.69) is 19.3 Å². The average Bonchev–Trinajstić information content (AvgIpc) is 3.24. The summed E-state index contributed by atoms with van der Waals surface area (Å²) in [5.41, 5.74) is -3.90. The van der Waals surface area contributed by atoms with Gasteiger partial charge in [0.15, 0.2) is 6.29 Å². The lowest BCUT2D eigenvalue weighted by atomic mass is 10.0. The molecule has 0 saturated carbocycles. The van der Waals surface area contributed by atoms with Gasteiger partial charge in [0.1, 0.15) is 5.82 Å². The highest BCUT2D eigenvalue weighted by Gasteiger charge is 2.39. The topological polar surface area (TPSA) is 130 Å². The van der Waals surface area contributed by atoms with Crippen molar-refractivity contribution in [3.63, 3.8) is 0 Å². The molecule has 4 atom stereocenters. The Hall–Kier alpha value is -2.58. The van der Waals surface area contributed by atoms with Gasteiger partial charge in [-0.3, -0.25) is 9.88 Å². The van der Waals surface area contributed by atoms with Gasteiger partial charge in [0.25, 0.3) is 0 Å². The maximum atomic E-state index is 13.4. The van der Waals surface area contributed by atoms with E-state index in [0.29, 0.717) is 17.7 Å². The Balaban J connectivity index is 1.68. The number of ether oxygens (including phenoxy) is 2. The molecular weight excluding hydrogens is 604 g/mol. The number of hydrogen-bond acceptors (Lipinski definition) is 6. The van der Waals surface area contributed by atoms with Crippen molar-refractivity contribution in [2.24, 2.45) is 0 Å². The van der Waals surface area contributed by atoms with Crippen molar-refractivity contribution < 1.29 is 50.2 Å². The second-order valence-corrected chi connectivity index (χ2v) is 11.3. The van der Waals surface area contributed by atoms with E-state index in [-0.39, 0.29) is 41.6 Å². The Labute approximate surface area is 230 Å². The van der Waals surface area contributed by atoms with Crippen LogP contribution in [0.15, 0.2) is 47.3 Å². The van der Waals surface area contributed by atoms with Gasteiger partial charge in [0.05, 0.1) is 36.4 Å². The highest BCUT2D eigenvalue weighted by Crippen LogP contribution is 2.40. The van der Waals surface area contributed by atoms with Gasteiger partial charge < -0.3 is 19.3 Å². The van der Waals surface area contributed by atoms with E-state index in [1.807, 2.05) is 0 Å². The molecule has 0 spiro atoms. The van der Waals surface area contributed by atoms with E-state index in [1.54, 1.807) is 29.2 Å². The SMILES string of the molecule is C[C@@H](O[C@H]1OCCN(Cc2nn(P(=O)(O)O)c(=O)[nH]2)C1c1ccc(P)cc1)c1cc(C(F)(F)F)cc(C(F)(F)F)c1. The molecule has 2 aromatic carbocycles. The number of H-pyrrole nitrogens is 1. The fourth-order valence-electron chi connectivity index (χ4n) is 4.33. The van der Waals surface area contributed by atoms with Gasteiger partial charge in [0.2, 0.25) is 0 Å². The number of aromatic nitrogens is 3. The number of benzene rings is 2. The van der Waals surface area contributed by atoms with Crippen LogP contribution in [-0.2, 0) is 32.9 Å². The van der Waals surface area contributed by atoms with Crippen molar-refractivity contribution >= 4 is 22.3 Å². The molecule has 1 aliphatic heterocycles. The molecule has 224 valence electrons. The molecule has 1 aromatic heterocycles. The summed E-state index contributed by atoms with van der Waals surface area (Å²) in [5.74, 6) is -0.104. The Kier molecular flexibility index (Phi) is 8.87. The predicted octanol–water partition coefficient (Wildman–Crippen LogP) is 3.73. The number of morpholine rings is 1. The Morgan fingerprint density at radius 3 is 2.22 bits per heavy atom. The van der Waals surface area contributed by atoms with E-state index in [9.17, 15) is 45.5 Å². The summed E-state index contributed by atoms with van der Waals surface area (Å²) in [6.07, 6.45) is -12.6. The van der Waals surface area contributed by atoms with E-state index in [1.165, 1.54) is 6.92 Å². The van der Waals surface area contributed by atoms with Crippen molar-refractivity contribution in [1.82, 2.24) is 19.4 Å². The summed E-state index contributed by atoms with van der Waals surface area (Å²) < 4.78 is 104. The van der Waals surface area contributed by atoms with Crippen molar-refractivity contribution in [2.75, 3.05) is 13.2 Å². The first-order chi connectivity index (χ1) is 18.9. The van der Waals surface area contributed by atoms with Crippen LogP contribution in [0.1, 0.15) is 47.1 Å². The fourth-order valence-corrected chi connectivity index (χ4v) is 5.04. The zero-order valence-corrected chi connectivity index (χ0v) is 23.1. The first-order valence-corrected chi connectivity index (χ1v) is 14.0. The van der Waals surface area contributed by atoms with Crippen LogP contribution in [0.4, 0.5) is 26.3 Å². The first-order valence-electron chi connectivity index (χ1n) is 11.8. The molecule has 0 amide bonds. The van der Waals surface area contributed by atoms with E-state index in [0.717, 1.165) is 5.30 Å². The van der Waals surface area contributed by atoms with E-state index in [4.69, 9.17) is 9.47 Å². The minimum absolute atomic E-state index is 0.00279. The molecule has 0 aliphatic carbocycles. The number of halogens is 6. The summed E-state index contributed by atoms with van der Waals surface area (Å²) >= 11 is 0. The molecule has 1 fully saturated rings. The largest absolute Gasteiger partial charge is 0.454 e. The molecule has 2 unspecified atom stereocenters. The zero-order valence-electron chi connectivity index (χ0n) is 21.1. The molecule has 10 nitrogen and oxygen atoms in total. The summed E-state index contributed by atoms with van der Waals surface area (Å²) in [6.45, 7) is 1.35. The third-order valence-electron chi connectivity index (χ3n) is 6.26. The second-order valence-electron chi connectivity index (χ2n) is 9.22. The highest BCUT2D eigenvalue weighted by molar-refractivity contribution is 7.49. The number of nitrogens with zero attached hydrogens (tertiary/aromatic N) is 3. The van der Waals surface area contributed by atoms with Gasteiger partial charge in [-0.15, -0.1) is 18.8 Å². The van der Waals surface area contributed by atoms with E-state index >= 15 is 0 Å². The van der Waals surface area contributed by atoms with E-state index < -0.39 is 55.4 Å². The van der Waals surface area contributed by atoms with Crippen LogP contribution >= 0.6 is 17.0 Å². The molecule has 3 N–H and O–H groups in total. The molecule has 0 radical (unpaired) electrons. The molecule has 18 heteroatoms. The van der Waals surface area contributed by atoms with Crippen LogP contribution in [0, 0.1) is 0 Å². The lowest BCUT2D eigenvalue weighted by Crippen LogP contribution is -2.46. The van der Waals surface area contributed by atoms with Crippen molar-refractivity contribution in [3.8, 4) is 0 Å². The molecule has 3 aromatic rings. The van der Waals surface area contributed by atoms with Crippen molar-refractivity contribution in [3.05, 3.63) is 81.0 Å². The number of aromatic amines is 1. The smallest absolute Gasteiger partial charge is 0.349 e. The fraction of sp³-hybridized carbons (Fsp3) is 0.391. The maximum absolute atomic E-state index is 13.4. The molecule has 41 heavy (non-hydrogen) atoms. The molecule has 2 heterocycles. The summed E-state index contributed by atoms with van der Waals surface area (Å²) in [4.78, 5) is 34.6. The maximum Gasteiger partial charge on any atom is 0.454 e. The standard InChI is InChI=1S/C23H24F6N4O6P2/c1-12(14-8-15(22(24,25)26)10-16(9-14)23(27,28)29)39-20-19(13-2-4-17(40)5-3-13)32(6-7-38-20)11-18-30-21(34)33(31-18)41(35,36)37/h2-5,8-10,12,19-20H,6-7,11,40H2,1H3,(H,30,31,34)(H2,35,36,37)/t12-,19?,20-/m1/s1. The Morgan fingerprint density at radius 1 is 1.12 bits per heavy atom. The van der Waals surface area contributed by atoms with Gasteiger partial charge in [-0.25, -0.2) is 9.36 Å². The van der Waals surface area contributed by atoms with Gasteiger partial charge >= 0.3 is 25.8 Å². The normalized spacial score (nSPS) is 19.9. The van der Waals surface area contributed by atoms with Gasteiger partial charge in [-0.1, -0.05) is 24.3 Å². The lowest BCUT2D eigenvalue weighted by Gasteiger charge is -2.41. The Morgan fingerprint density at radius 2 is 1.71 bits per heavy atom. The molecule has 0 bridgehead atoms. The third kappa shape index (κ3) is 7.44. The van der Waals surface area contributed by atoms with Crippen LogP contribution in [0.5, 0.6) is 0 Å². The predicted molar refractivity (Wildman–Crippen MR) is 135 cm³/mol. The number of hydrogen-bond donors (Lipinski definition) is 3. The van der Waals surface area contributed by atoms with Crippen LogP contribution in [0.25, 0.3) is 0 Å². The molecule has 4 rings (SSSR count). The van der Waals surface area contributed by atoms with Crippen LogP contribution in [-0.4, -0.2) is 48.7 Å². The minimum Gasteiger partial charge on any atom is -0.349 e. The molecule has 1 saturated heterocycles. The number of rotatable bonds is 7. The summed E-state index contributed by atoms with van der Waals surface area (Å²) in [5, 5.41) is 4.48. The Bertz CT molecular complexity index is 1460. The van der Waals surface area contributed by atoms with Crippen molar-refractivity contribution in [2.45, 2.75) is 44.3 Å². The first kappa shape index (κ1) is 31.4. The summed E-state index contributed by atoms with van der Waals surface area (Å²) in [7, 11) is -2.54. The van der Waals surface area contributed by atoms with Crippen LogP contribution in [0.2, 0.25) is 0 Å². The van der Waals surface area contributed by atoms with Crippen LogP contribution in [0.3, 0.4) is 0 Å². The molecular formula is C23H24F6N4O6P2. The zero-order chi connectivity index (χ0) is 30.3. The van der Waals surface area contributed by atoms with Crippen molar-refractivity contribution in [1.29, 1.82) is 0 Å². The van der Waals surface area contributed by atoms with Gasteiger partial charge in [0, 0.05) is 6.54 Å². The quantitative estimate of drug-likeness (QED) is 0.267. The third-order valence-corrected chi connectivity index (χ3v) is 7.40. The van der Waals surface area contributed by atoms with Gasteiger partial charge in [-0.05, 0) is 41.6 Å². The number of alkyl halides is 6. The monoisotopic (exact) mass is 628 g/mol. The lowest BCUT2D eigenvalue weighted by molar-refractivity contribution is -0.231. The molecule has 1 aliphatic rings. The number of nitrogens with one attached hydrogen (secondary N) is 1. The average molecular weight is 628 g/mol. The highest BCUT2D eigenvalue weighted by atomic mass is 31.2.